The summed E-state index contributed by atoms with van der Waals surface area (Å²) in [7, 11) is 0. The van der Waals surface area contributed by atoms with Crippen LogP contribution < -0.4 is 0 Å². The minimum absolute atomic E-state index is 0.117. The second-order valence-electron chi connectivity index (χ2n) is 6.66. The maximum Gasteiger partial charge on any atom is 0.323 e. The highest BCUT2D eigenvalue weighted by Crippen LogP contribution is 2.37. The molecule has 0 spiro atoms. The molecule has 2 rings (SSSR count). The molecule has 1 aromatic rings. The van der Waals surface area contributed by atoms with Crippen LogP contribution in [0.2, 0.25) is 0 Å². The summed E-state index contributed by atoms with van der Waals surface area (Å²) in [6, 6.07) is 8.83. The molecule has 0 unspecified atom stereocenters. The van der Waals surface area contributed by atoms with Crippen molar-refractivity contribution < 1.29 is 18.3 Å². The van der Waals surface area contributed by atoms with Gasteiger partial charge in [-0.25, -0.2) is 8.78 Å². The van der Waals surface area contributed by atoms with E-state index in [9.17, 15) is 13.6 Å². The van der Waals surface area contributed by atoms with Crippen LogP contribution in [0.4, 0.5) is 8.78 Å². The van der Waals surface area contributed by atoms with Crippen molar-refractivity contribution in [2.24, 2.45) is 0 Å². The number of esters is 1. The number of carbonyl (C=O) groups is 1. The third kappa shape index (κ3) is 4.76. The number of benzene rings is 1. The number of rotatable bonds is 6. The lowest BCUT2D eigenvalue weighted by Crippen LogP contribution is -2.53. The fraction of sp³-hybridized carbons (Fsp3) is 0.632. The number of likely N-dealkylation sites (tertiary alicyclic amines) is 1. The number of ether oxygens (including phenoxy) is 1. The number of halogens is 2. The van der Waals surface area contributed by atoms with Gasteiger partial charge in [-0.15, -0.1) is 0 Å². The molecule has 0 amide bonds. The molecule has 1 saturated heterocycles. The third-order valence-electron chi connectivity index (χ3n) is 4.68. The second-order valence-corrected chi connectivity index (χ2v) is 6.66. The summed E-state index contributed by atoms with van der Waals surface area (Å²) in [5.41, 5.74) is 1.03. The monoisotopic (exact) mass is 339 g/mol. The zero-order valence-electron chi connectivity index (χ0n) is 14.7. The van der Waals surface area contributed by atoms with Gasteiger partial charge in [-0.1, -0.05) is 30.3 Å². The van der Waals surface area contributed by atoms with Crippen molar-refractivity contribution in [2.75, 3.05) is 6.61 Å². The van der Waals surface area contributed by atoms with Gasteiger partial charge in [-0.05, 0) is 45.6 Å². The van der Waals surface area contributed by atoms with Gasteiger partial charge in [0.1, 0.15) is 6.04 Å². The molecule has 0 saturated carbocycles. The van der Waals surface area contributed by atoms with E-state index in [2.05, 4.69) is 0 Å². The zero-order valence-corrected chi connectivity index (χ0v) is 14.7. The summed E-state index contributed by atoms with van der Waals surface area (Å²) in [6.07, 6.45) is 1.86. The Bertz CT molecular complexity index is 530. The highest BCUT2D eigenvalue weighted by atomic mass is 19.3. The number of hydrogen-bond acceptors (Lipinski definition) is 3. The van der Waals surface area contributed by atoms with Crippen molar-refractivity contribution in [2.45, 2.75) is 70.5 Å². The molecule has 0 aliphatic carbocycles. The van der Waals surface area contributed by atoms with Crippen LogP contribution in [-0.2, 0) is 9.53 Å². The molecule has 3 atom stereocenters. The van der Waals surface area contributed by atoms with Gasteiger partial charge >= 0.3 is 5.97 Å². The Morgan fingerprint density at radius 3 is 2.58 bits per heavy atom. The number of nitrogens with zero attached hydrogens (tertiary/aromatic N) is 1. The van der Waals surface area contributed by atoms with Gasteiger partial charge < -0.3 is 4.74 Å². The molecule has 3 nitrogen and oxygen atoms in total. The third-order valence-corrected chi connectivity index (χ3v) is 4.68. The van der Waals surface area contributed by atoms with Gasteiger partial charge in [-0.3, -0.25) is 9.69 Å². The molecule has 0 bridgehead atoms. The Labute approximate surface area is 143 Å². The minimum Gasteiger partial charge on any atom is -0.465 e. The van der Waals surface area contributed by atoms with Crippen molar-refractivity contribution in [3.05, 3.63) is 35.9 Å². The van der Waals surface area contributed by atoms with Crippen molar-refractivity contribution in [1.29, 1.82) is 0 Å². The van der Waals surface area contributed by atoms with Gasteiger partial charge in [0.15, 0.2) is 0 Å². The van der Waals surface area contributed by atoms with E-state index in [1.807, 2.05) is 42.2 Å². The van der Waals surface area contributed by atoms with Crippen LogP contribution in [0, 0.1) is 0 Å². The molecule has 0 aromatic heterocycles. The molecule has 134 valence electrons. The molecular formula is C19H27F2NO2. The summed E-state index contributed by atoms with van der Waals surface area (Å²) < 4.78 is 32.6. The highest BCUT2D eigenvalue weighted by molar-refractivity contribution is 5.76. The molecule has 0 N–H and O–H groups in total. The maximum atomic E-state index is 13.7. The average molecular weight is 339 g/mol. The molecule has 1 heterocycles. The SMILES string of the molecule is CCOC(=O)[C@H]1CCC[C@H](CC(C)(F)F)N1[C@@H](C)c1ccccc1. The Kier molecular flexibility index (Phi) is 6.33. The Morgan fingerprint density at radius 2 is 2.00 bits per heavy atom. The molecule has 0 radical (unpaired) electrons. The first-order chi connectivity index (χ1) is 11.3. The minimum atomic E-state index is -2.75. The van der Waals surface area contributed by atoms with E-state index >= 15 is 0 Å². The molecular weight excluding hydrogens is 312 g/mol. The molecule has 1 aliphatic heterocycles. The second kappa shape index (κ2) is 8.06. The predicted octanol–water partition coefficient (Wildman–Crippen LogP) is 4.58. The largest absolute Gasteiger partial charge is 0.465 e. The van der Waals surface area contributed by atoms with Crippen LogP contribution in [0.15, 0.2) is 30.3 Å². The first-order valence-corrected chi connectivity index (χ1v) is 8.70. The van der Waals surface area contributed by atoms with Crippen LogP contribution in [-0.4, -0.2) is 35.5 Å². The first-order valence-electron chi connectivity index (χ1n) is 8.70. The lowest BCUT2D eigenvalue weighted by Gasteiger charge is -2.45. The van der Waals surface area contributed by atoms with Gasteiger partial charge in [0.25, 0.3) is 0 Å². The molecule has 1 aromatic carbocycles. The molecule has 5 heteroatoms. The van der Waals surface area contributed by atoms with Crippen LogP contribution in [0.3, 0.4) is 0 Å². The van der Waals surface area contributed by atoms with Crippen LogP contribution in [0.5, 0.6) is 0 Å². The van der Waals surface area contributed by atoms with Gasteiger partial charge in [0.2, 0.25) is 5.92 Å². The van der Waals surface area contributed by atoms with E-state index in [0.717, 1.165) is 18.9 Å². The van der Waals surface area contributed by atoms with Gasteiger partial charge in [0, 0.05) is 18.5 Å². The van der Waals surface area contributed by atoms with Crippen molar-refractivity contribution in [3.8, 4) is 0 Å². The summed E-state index contributed by atoms with van der Waals surface area (Å²) in [5.74, 6) is -3.06. The van der Waals surface area contributed by atoms with E-state index in [4.69, 9.17) is 4.74 Å². The summed E-state index contributed by atoms with van der Waals surface area (Å²) in [4.78, 5) is 14.4. The topological polar surface area (TPSA) is 29.5 Å². The van der Waals surface area contributed by atoms with E-state index in [-0.39, 0.29) is 24.5 Å². The van der Waals surface area contributed by atoms with Crippen LogP contribution in [0.1, 0.15) is 58.1 Å². The molecule has 24 heavy (non-hydrogen) atoms. The molecule has 1 aliphatic rings. The van der Waals surface area contributed by atoms with Gasteiger partial charge in [0.05, 0.1) is 6.61 Å². The first kappa shape index (κ1) is 18.8. The average Bonchev–Trinajstić information content (AvgIpc) is 2.53. The van der Waals surface area contributed by atoms with Gasteiger partial charge in [-0.2, -0.15) is 0 Å². The van der Waals surface area contributed by atoms with Crippen molar-refractivity contribution in [3.63, 3.8) is 0 Å². The van der Waals surface area contributed by atoms with Crippen LogP contribution in [0.25, 0.3) is 0 Å². The number of alkyl halides is 2. The lowest BCUT2D eigenvalue weighted by molar-refractivity contribution is -0.155. The number of piperidine rings is 1. The summed E-state index contributed by atoms with van der Waals surface area (Å²) in [5, 5.41) is 0. The smallest absolute Gasteiger partial charge is 0.323 e. The number of carbonyl (C=O) groups excluding carboxylic acids is 1. The zero-order chi connectivity index (χ0) is 17.7. The van der Waals surface area contributed by atoms with E-state index < -0.39 is 12.0 Å². The summed E-state index contributed by atoms with van der Waals surface area (Å²) >= 11 is 0. The van der Waals surface area contributed by atoms with E-state index in [1.54, 1.807) is 6.92 Å². The van der Waals surface area contributed by atoms with E-state index in [1.165, 1.54) is 0 Å². The fourth-order valence-electron chi connectivity index (χ4n) is 3.69. The highest BCUT2D eigenvalue weighted by Gasteiger charge is 2.42. The number of hydrogen-bond donors (Lipinski definition) is 0. The Morgan fingerprint density at radius 1 is 1.33 bits per heavy atom. The summed E-state index contributed by atoms with van der Waals surface area (Å²) in [6.45, 7) is 5.00. The van der Waals surface area contributed by atoms with Crippen molar-refractivity contribution >= 4 is 5.97 Å². The van der Waals surface area contributed by atoms with E-state index in [0.29, 0.717) is 19.4 Å². The van der Waals surface area contributed by atoms with Crippen molar-refractivity contribution in [1.82, 2.24) is 4.90 Å². The molecule has 1 fully saturated rings. The maximum absolute atomic E-state index is 13.7. The standard InChI is InChI=1S/C19H27F2NO2/c1-4-24-18(23)17-12-8-11-16(13-19(3,20)21)22(17)14(2)15-9-6-5-7-10-15/h5-7,9-10,14,16-17H,4,8,11-13H2,1-3H3/t14-,16+,17+/m0/s1. The fourth-order valence-corrected chi connectivity index (χ4v) is 3.69. The quantitative estimate of drug-likeness (QED) is 0.711. The van der Waals surface area contributed by atoms with Crippen LogP contribution >= 0.6 is 0 Å². The Hall–Kier alpha value is -1.49. The normalized spacial score (nSPS) is 23.7. The lowest BCUT2D eigenvalue weighted by atomic mass is 9.88. The Balaban J connectivity index is 2.31. The predicted molar refractivity (Wildman–Crippen MR) is 90.0 cm³/mol.